The minimum Gasteiger partial charge on any atom is -0.318 e. The molecular formula is C25H40N4O4S2. The molecule has 0 radical (unpaired) electrons. The summed E-state index contributed by atoms with van der Waals surface area (Å²) in [6.45, 7) is 13.7. The smallest absolute Gasteiger partial charge is 0.318 e. The summed E-state index contributed by atoms with van der Waals surface area (Å²) in [5.74, 6) is 0.174. The molecule has 2 fully saturated rings. The van der Waals surface area contributed by atoms with Crippen LogP contribution in [-0.4, -0.2) is 90.5 Å². The third-order valence-corrected chi connectivity index (χ3v) is 7.61. The van der Waals surface area contributed by atoms with Crippen molar-refractivity contribution in [3.8, 4) is 0 Å². The lowest BCUT2D eigenvalue weighted by Gasteiger charge is -2.35. The number of carbonyl (C=O) groups excluding carboxylic acids is 4. The molecular weight excluding hydrogens is 484 g/mol. The monoisotopic (exact) mass is 524 g/mol. The molecule has 35 heavy (non-hydrogen) atoms. The van der Waals surface area contributed by atoms with Gasteiger partial charge in [0.1, 0.15) is 21.5 Å². The Morgan fingerprint density at radius 2 is 1.06 bits per heavy atom. The maximum atomic E-state index is 12.6. The van der Waals surface area contributed by atoms with E-state index in [0.29, 0.717) is 81.1 Å². The van der Waals surface area contributed by atoms with Crippen molar-refractivity contribution in [3.05, 3.63) is 0 Å². The maximum absolute atomic E-state index is 12.6. The van der Waals surface area contributed by atoms with Gasteiger partial charge in [-0.25, -0.2) is 9.59 Å². The molecule has 0 saturated carbocycles. The zero-order valence-electron chi connectivity index (χ0n) is 22.0. The molecule has 0 atom stereocenters. The van der Waals surface area contributed by atoms with E-state index in [1.54, 1.807) is 19.6 Å². The molecule has 196 valence electrons. The lowest BCUT2D eigenvalue weighted by molar-refractivity contribution is -0.121. The van der Waals surface area contributed by atoms with E-state index in [0.717, 1.165) is 0 Å². The number of nitrogens with zero attached hydrogens (tertiary/aromatic N) is 4. The second-order valence-electron chi connectivity index (χ2n) is 10.6. The summed E-state index contributed by atoms with van der Waals surface area (Å²) >= 11 is 10.8. The minimum atomic E-state index is -0.532. The molecule has 0 N–H and O–H groups in total. The number of urea groups is 2. The molecule has 2 aliphatic heterocycles. The van der Waals surface area contributed by atoms with Crippen LogP contribution in [0.5, 0.6) is 0 Å². The van der Waals surface area contributed by atoms with E-state index >= 15 is 0 Å². The van der Waals surface area contributed by atoms with Gasteiger partial charge >= 0.3 is 12.1 Å². The number of hydrogen-bond donors (Lipinski definition) is 0. The van der Waals surface area contributed by atoms with Crippen LogP contribution in [0.15, 0.2) is 0 Å². The van der Waals surface area contributed by atoms with Crippen molar-refractivity contribution in [3.63, 3.8) is 0 Å². The van der Waals surface area contributed by atoms with Gasteiger partial charge in [-0.3, -0.25) is 19.4 Å². The van der Waals surface area contributed by atoms with Crippen molar-refractivity contribution in [2.75, 3.05) is 26.2 Å². The highest BCUT2D eigenvalue weighted by atomic mass is 32.1. The number of Topliss-reactive ketones (excluding diaryl/α,β-unsaturated/α-hetero) is 2. The van der Waals surface area contributed by atoms with Gasteiger partial charge in [-0.1, -0.05) is 24.4 Å². The Morgan fingerprint density at radius 3 is 1.34 bits per heavy atom. The van der Waals surface area contributed by atoms with Crippen molar-refractivity contribution in [2.24, 2.45) is 0 Å². The molecule has 2 rings (SSSR count). The number of rotatable bonds is 14. The number of likely N-dealkylation sites (N-methyl/N-ethyl adjacent to an activating group) is 2. The summed E-state index contributed by atoms with van der Waals surface area (Å²) in [6.07, 6.45) is 2.92. The Kier molecular flexibility index (Phi) is 9.93. The Labute approximate surface area is 220 Å². The Hall–Kier alpha value is -1.94. The Morgan fingerprint density at radius 1 is 0.714 bits per heavy atom. The second-order valence-corrected chi connectivity index (χ2v) is 11.6. The molecule has 0 aliphatic carbocycles. The molecule has 0 aromatic carbocycles. The maximum Gasteiger partial charge on any atom is 0.325 e. The summed E-state index contributed by atoms with van der Waals surface area (Å²) in [7, 11) is 0. The number of carbonyl (C=O) groups is 4. The van der Waals surface area contributed by atoms with Crippen molar-refractivity contribution in [2.45, 2.75) is 97.6 Å². The lowest BCUT2D eigenvalue weighted by Crippen LogP contribution is -2.48. The van der Waals surface area contributed by atoms with Gasteiger partial charge in [0, 0.05) is 49.9 Å². The molecule has 2 saturated heterocycles. The predicted octanol–water partition coefficient (Wildman–Crippen LogP) is 4.58. The van der Waals surface area contributed by atoms with E-state index in [2.05, 4.69) is 0 Å². The first-order valence-electron chi connectivity index (χ1n) is 12.5. The summed E-state index contributed by atoms with van der Waals surface area (Å²) in [5.41, 5.74) is -1.06. The lowest BCUT2D eigenvalue weighted by atomic mass is 9.92. The van der Waals surface area contributed by atoms with Crippen LogP contribution >= 0.6 is 24.4 Å². The van der Waals surface area contributed by atoms with Crippen molar-refractivity contribution in [1.29, 1.82) is 0 Å². The SMILES string of the molecule is CCN1CC(=S)N(C(C)(C)CCC(=O)CCCC(=O)CCC(C)(C)N2C(=O)N(CC)CC2=S)C1=O. The highest BCUT2D eigenvalue weighted by Crippen LogP contribution is 2.29. The fourth-order valence-corrected chi connectivity index (χ4v) is 5.60. The van der Waals surface area contributed by atoms with Gasteiger partial charge in [0.05, 0.1) is 13.1 Å². The van der Waals surface area contributed by atoms with Gasteiger partial charge in [-0.05, 0) is 60.8 Å². The van der Waals surface area contributed by atoms with Crippen molar-refractivity contribution >= 4 is 58.0 Å². The fraction of sp³-hybridized carbons (Fsp3) is 0.760. The van der Waals surface area contributed by atoms with Crippen LogP contribution in [0.3, 0.4) is 0 Å². The number of hydrogen-bond acceptors (Lipinski definition) is 6. The van der Waals surface area contributed by atoms with E-state index in [4.69, 9.17) is 24.4 Å². The predicted molar refractivity (Wildman–Crippen MR) is 145 cm³/mol. The molecule has 0 bridgehead atoms. The van der Waals surface area contributed by atoms with Crippen LogP contribution < -0.4 is 0 Å². The fourth-order valence-electron chi connectivity index (χ4n) is 4.63. The van der Waals surface area contributed by atoms with Crippen molar-refractivity contribution < 1.29 is 19.2 Å². The van der Waals surface area contributed by atoms with E-state index < -0.39 is 11.1 Å². The summed E-state index contributed by atoms with van der Waals surface area (Å²) in [4.78, 5) is 58.0. The van der Waals surface area contributed by atoms with Gasteiger partial charge in [-0.15, -0.1) is 0 Å². The van der Waals surface area contributed by atoms with E-state index in [-0.39, 0.29) is 23.6 Å². The van der Waals surface area contributed by atoms with Crippen LogP contribution in [0.1, 0.15) is 86.5 Å². The average Bonchev–Trinajstić information content (AvgIpc) is 3.24. The third kappa shape index (κ3) is 7.06. The Balaban J connectivity index is 1.74. The zero-order valence-corrected chi connectivity index (χ0v) is 23.6. The quantitative estimate of drug-likeness (QED) is 0.309. The molecule has 8 nitrogen and oxygen atoms in total. The zero-order chi connectivity index (χ0) is 26.6. The molecule has 2 heterocycles. The number of amides is 4. The van der Waals surface area contributed by atoms with Crippen LogP contribution in [0.25, 0.3) is 0 Å². The molecule has 0 unspecified atom stereocenters. The third-order valence-electron chi connectivity index (χ3n) is 6.99. The number of thiocarbonyl (C=S) groups is 2. The highest BCUT2D eigenvalue weighted by molar-refractivity contribution is 7.80. The highest BCUT2D eigenvalue weighted by Gasteiger charge is 2.42. The van der Waals surface area contributed by atoms with Gasteiger partial charge in [0.25, 0.3) is 0 Å². The van der Waals surface area contributed by atoms with Gasteiger partial charge in [0.2, 0.25) is 0 Å². The van der Waals surface area contributed by atoms with Gasteiger partial charge < -0.3 is 9.80 Å². The first-order chi connectivity index (χ1) is 16.2. The standard InChI is InChI=1S/C25H40N4O4S2/c1-7-26-16-20(34)28(22(26)32)24(3,4)14-12-18(30)10-9-11-19(31)13-15-25(5,6)29-21(35)17-27(8-2)23(29)33/h7-17H2,1-6H3. The summed E-state index contributed by atoms with van der Waals surface area (Å²) < 4.78 is 0. The van der Waals surface area contributed by atoms with Crippen LogP contribution in [0, 0.1) is 0 Å². The number of ketones is 2. The normalized spacial score (nSPS) is 17.3. The topological polar surface area (TPSA) is 81.2 Å². The molecule has 4 amide bonds. The Bertz CT molecular complexity index is 817. The van der Waals surface area contributed by atoms with E-state index in [9.17, 15) is 19.2 Å². The minimum absolute atomic E-state index is 0.0868. The van der Waals surface area contributed by atoms with E-state index in [1.165, 1.54) is 0 Å². The second kappa shape index (κ2) is 11.9. The molecule has 10 heteroatoms. The van der Waals surface area contributed by atoms with Crippen molar-refractivity contribution in [1.82, 2.24) is 19.6 Å². The molecule has 0 aromatic rings. The van der Waals surface area contributed by atoms with Crippen LogP contribution in [-0.2, 0) is 9.59 Å². The average molecular weight is 525 g/mol. The van der Waals surface area contributed by atoms with Gasteiger partial charge in [0.15, 0.2) is 0 Å². The first kappa shape index (κ1) is 29.3. The van der Waals surface area contributed by atoms with Crippen LogP contribution in [0.2, 0.25) is 0 Å². The largest absolute Gasteiger partial charge is 0.325 e. The summed E-state index contributed by atoms with van der Waals surface area (Å²) in [6, 6.07) is -0.190. The first-order valence-corrected chi connectivity index (χ1v) is 13.3. The molecule has 0 aromatic heterocycles. The van der Waals surface area contributed by atoms with Gasteiger partial charge in [-0.2, -0.15) is 0 Å². The molecule has 2 aliphatic rings. The molecule has 0 spiro atoms. The summed E-state index contributed by atoms with van der Waals surface area (Å²) in [5, 5.41) is 0. The van der Waals surface area contributed by atoms with Crippen LogP contribution in [0.4, 0.5) is 9.59 Å². The van der Waals surface area contributed by atoms with E-state index in [1.807, 2.05) is 41.5 Å².